The normalized spacial score (nSPS) is 10.2. The third-order valence-electron chi connectivity index (χ3n) is 2.43. The average Bonchev–Trinajstić information content (AvgIpc) is 2.89. The second-order valence-electron chi connectivity index (χ2n) is 4.01. The molecule has 23 heavy (non-hydrogen) atoms. The number of carbonyl (C=O) groups excluding carboxylic acids is 2. The van der Waals surface area contributed by atoms with Gasteiger partial charge in [0.2, 0.25) is 0 Å². The van der Waals surface area contributed by atoms with Gasteiger partial charge in [0.25, 0.3) is 11.6 Å². The third kappa shape index (κ3) is 4.71. The fraction of sp³-hybridized carbons (Fsp3) is 0.0833. The maximum absolute atomic E-state index is 11.9. The van der Waals surface area contributed by atoms with E-state index in [-0.39, 0.29) is 10.6 Å². The van der Waals surface area contributed by atoms with E-state index in [1.165, 1.54) is 23.6 Å². The molecule has 0 fully saturated rings. The first-order chi connectivity index (χ1) is 10.9. The predicted octanol–water partition coefficient (Wildman–Crippen LogP) is 3.26. The number of aromatic nitrogens is 1. The van der Waals surface area contributed by atoms with Gasteiger partial charge in [0.1, 0.15) is 5.56 Å². The van der Waals surface area contributed by atoms with Gasteiger partial charge >= 0.3 is 5.97 Å². The van der Waals surface area contributed by atoms with Gasteiger partial charge in [-0.2, -0.15) is 0 Å². The molecule has 120 valence electrons. The van der Waals surface area contributed by atoms with E-state index in [2.05, 4.69) is 26.2 Å². The number of ether oxygens (including phenoxy) is 1. The zero-order valence-corrected chi connectivity index (χ0v) is 14.3. The van der Waals surface area contributed by atoms with Crippen molar-refractivity contribution >= 4 is 61.6 Å². The number of nitro groups is 1. The fourth-order valence-corrected chi connectivity index (χ4v) is 2.80. The molecule has 1 heterocycles. The topological polar surface area (TPSA) is 111 Å². The van der Waals surface area contributed by atoms with E-state index >= 15 is 0 Å². The molecule has 0 atom stereocenters. The molecule has 0 unspecified atom stereocenters. The highest BCUT2D eigenvalue weighted by molar-refractivity contribution is 9.11. The smallest absolute Gasteiger partial charge is 0.345 e. The molecule has 0 saturated carbocycles. The van der Waals surface area contributed by atoms with Gasteiger partial charge in [-0.05, 0) is 28.1 Å². The molecule has 1 aromatic heterocycles. The van der Waals surface area contributed by atoms with Crippen molar-refractivity contribution in [1.29, 1.82) is 0 Å². The van der Waals surface area contributed by atoms with Crippen LogP contribution in [0.1, 0.15) is 10.4 Å². The minimum Gasteiger partial charge on any atom is -0.452 e. The second kappa shape index (κ2) is 7.49. The van der Waals surface area contributed by atoms with Crippen molar-refractivity contribution in [2.75, 3.05) is 11.9 Å². The van der Waals surface area contributed by atoms with Crippen LogP contribution in [0, 0.1) is 10.1 Å². The minimum absolute atomic E-state index is 0.139. The lowest BCUT2D eigenvalue weighted by Crippen LogP contribution is -2.21. The first kappa shape index (κ1) is 17.3. The quantitative estimate of drug-likeness (QED) is 0.451. The van der Waals surface area contributed by atoms with Crippen LogP contribution in [0.2, 0.25) is 5.02 Å². The monoisotopic (exact) mass is 419 g/mol. The highest BCUT2D eigenvalue weighted by atomic mass is 79.9. The first-order valence-electron chi connectivity index (χ1n) is 5.89. The molecule has 0 bridgehead atoms. The lowest BCUT2D eigenvalue weighted by Gasteiger charge is -2.05. The Kier molecular flexibility index (Phi) is 5.64. The zero-order chi connectivity index (χ0) is 17.0. The van der Waals surface area contributed by atoms with Crippen LogP contribution in [0.3, 0.4) is 0 Å². The van der Waals surface area contributed by atoms with E-state index < -0.39 is 29.1 Å². The number of nitrogens with zero attached hydrogens (tertiary/aromatic N) is 2. The van der Waals surface area contributed by atoms with Crippen LogP contribution in [0.25, 0.3) is 0 Å². The Bertz CT molecular complexity index is 782. The number of rotatable bonds is 5. The van der Waals surface area contributed by atoms with Crippen molar-refractivity contribution in [2.24, 2.45) is 0 Å². The summed E-state index contributed by atoms with van der Waals surface area (Å²) in [5.41, 5.74) is -0.782. The summed E-state index contributed by atoms with van der Waals surface area (Å²) in [4.78, 5) is 37.6. The molecule has 0 aliphatic rings. The SMILES string of the molecule is O=C(COC(=O)c1cc(Cl)ccc1[N+](=O)[O-])Nc1ncc(Br)s1. The number of halogens is 2. The van der Waals surface area contributed by atoms with Gasteiger partial charge in [0.15, 0.2) is 11.7 Å². The number of hydrogen-bond donors (Lipinski definition) is 1. The molecule has 0 aliphatic carbocycles. The number of anilines is 1. The molecule has 8 nitrogen and oxygen atoms in total. The van der Waals surface area contributed by atoms with E-state index in [9.17, 15) is 19.7 Å². The summed E-state index contributed by atoms with van der Waals surface area (Å²) in [5, 5.41) is 13.8. The Labute approximate surface area is 146 Å². The number of esters is 1. The first-order valence-corrected chi connectivity index (χ1v) is 7.88. The Hall–Kier alpha value is -2.04. The summed E-state index contributed by atoms with van der Waals surface area (Å²) < 4.78 is 5.49. The van der Waals surface area contributed by atoms with Gasteiger partial charge < -0.3 is 4.74 Å². The van der Waals surface area contributed by atoms with Gasteiger partial charge in [-0.3, -0.25) is 20.2 Å². The Morgan fingerprint density at radius 1 is 1.48 bits per heavy atom. The van der Waals surface area contributed by atoms with E-state index in [1.807, 2.05) is 0 Å². The van der Waals surface area contributed by atoms with E-state index in [0.29, 0.717) is 5.13 Å². The highest BCUT2D eigenvalue weighted by Gasteiger charge is 2.22. The van der Waals surface area contributed by atoms with Crippen molar-refractivity contribution in [1.82, 2.24) is 4.98 Å². The van der Waals surface area contributed by atoms with Gasteiger partial charge in [-0.15, -0.1) is 0 Å². The standard InChI is InChI=1S/C12H7BrClN3O5S/c13-9-4-15-12(23-9)16-10(18)5-22-11(19)7-3-6(14)1-2-8(7)17(20)21/h1-4H,5H2,(H,15,16,18). The van der Waals surface area contributed by atoms with Crippen LogP contribution < -0.4 is 5.32 Å². The summed E-state index contributed by atoms with van der Waals surface area (Å²) in [6.45, 7) is -0.611. The summed E-state index contributed by atoms with van der Waals surface area (Å²) in [6.07, 6.45) is 1.50. The molecule has 1 amide bonds. The fourth-order valence-electron chi connectivity index (χ4n) is 1.51. The summed E-state index contributed by atoms with van der Waals surface area (Å²) in [7, 11) is 0. The van der Waals surface area contributed by atoms with Crippen molar-refractivity contribution in [3.05, 3.63) is 48.9 Å². The van der Waals surface area contributed by atoms with Gasteiger partial charge in [0, 0.05) is 11.1 Å². The van der Waals surface area contributed by atoms with E-state index in [0.717, 1.165) is 15.9 Å². The van der Waals surface area contributed by atoms with Crippen molar-refractivity contribution in [3.8, 4) is 0 Å². The van der Waals surface area contributed by atoms with Crippen LogP contribution in [-0.4, -0.2) is 28.4 Å². The number of nitro benzene ring substituents is 1. The number of benzene rings is 1. The molecular formula is C12H7BrClN3O5S. The molecule has 0 saturated heterocycles. The Morgan fingerprint density at radius 2 is 2.22 bits per heavy atom. The molecule has 0 aliphatic heterocycles. The number of amides is 1. The molecule has 2 aromatic rings. The van der Waals surface area contributed by atoms with Crippen molar-refractivity contribution in [2.45, 2.75) is 0 Å². The molecular weight excluding hydrogens is 414 g/mol. The molecule has 1 N–H and O–H groups in total. The minimum atomic E-state index is -1.02. The molecule has 0 spiro atoms. The average molecular weight is 421 g/mol. The second-order valence-corrected chi connectivity index (χ2v) is 6.86. The van der Waals surface area contributed by atoms with Gasteiger partial charge in [0.05, 0.1) is 14.9 Å². The molecule has 0 radical (unpaired) electrons. The Morgan fingerprint density at radius 3 is 2.83 bits per heavy atom. The summed E-state index contributed by atoms with van der Waals surface area (Å²) in [5.74, 6) is -1.64. The largest absolute Gasteiger partial charge is 0.452 e. The van der Waals surface area contributed by atoms with Crippen LogP contribution in [0.4, 0.5) is 10.8 Å². The summed E-state index contributed by atoms with van der Waals surface area (Å²) >= 11 is 10.1. The lowest BCUT2D eigenvalue weighted by atomic mass is 10.2. The van der Waals surface area contributed by atoms with E-state index in [4.69, 9.17) is 16.3 Å². The van der Waals surface area contributed by atoms with Gasteiger partial charge in [-0.1, -0.05) is 22.9 Å². The predicted molar refractivity (Wildman–Crippen MR) is 86.8 cm³/mol. The lowest BCUT2D eigenvalue weighted by molar-refractivity contribution is -0.385. The van der Waals surface area contributed by atoms with Crippen molar-refractivity contribution < 1.29 is 19.2 Å². The third-order valence-corrected chi connectivity index (χ3v) is 4.06. The van der Waals surface area contributed by atoms with Crippen LogP contribution in [-0.2, 0) is 9.53 Å². The summed E-state index contributed by atoms with van der Waals surface area (Å²) in [6, 6.07) is 3.48. The van der Waals surface area contributed by atoms with Gasteiger partial charge in [-0.25, -0.2) is 9.78 Å². The highest BCUT2D eigenvalue weighted by Crippen LogP contribution is 2.24. The Balaban J connectivity index is 2.01. The van der Waals surface area contributed by atoms with E-state index in [1.54, 1.807) is 0 Å². The molecule has 2 rings (SSSR count). The number of hydrogen-bond acceptors (Lipinski definition) is 7. The van der Waals surface area contributed by atoms with Crippen LogP contribution in [0.5, 0.6) is 0 Å². The van der Waals surface area contributed by atoms with Crippen LogP contribution >= 0.6 is 38.9 Å². The number of nitrogens with one attached hydrogen (secondary N) is 1. The van der Waals surface area contributed by atoms with Crippen LogP contribution in [0.15, 0.2) is 28.2 Å². The zero-order valence-electron chi connectivity index (χ0n) is 11.1. The maximum atomic E-state index is 11.9. The maximum Gasteiger partial charge on any atom is 0.345 e. The molecule has 1 aromatic carbocycles. The number of carbonyl (C=O) groups is 2. The number of thiazole rings is 1. The van der Waals surface area contributed by atoms with Crippen molar-refractivity contribution in [3.63, 3.8) is 0 Å². The molecule has 11 heteroatoms.